The quantitative estimate of drug-likeness (QED) is 0.316. The maximum absolute atomic E-state index is 12.7. The number of rotatable bonds is 5. The Morgan fingerprint density at radius 1 is 0.933 bits per heavy atom. The zero-order valence-electron chi connectivity index (χ0n) is 20.0. The lowest BCUT2D eigenvalue weighted by Crippen LogP contribution is -2.57. The smallest absolute Gasteiger partial charge is 0.160 e. The first-order chi connectivity index (χ1) is 14.0. The highest BCUT2D eigenvalue weighted by Gasteiger charge is 2.63. The van der Waals surface area contributed by atoms with Gasteiger partial charge in [0.25, 0.3) is 0 Å². The van der Waals surface area contributed by atoms with E-state index in [9.17, 15) is 4.79 Å². The van der Waals surface area contributed by atoms with Crippen molar-refractivity contribution in [3.8, 4) is 0 Å². The second-order valence-corrected chi connectivity index (χ2v) is 16.5. The van der Waals surface area contributed by atoms with Gasteiger partial charge in [0, 0.05) is 6.42 Å². The van der Waals surface area contributed by atoms with Gasteiger partial charge in [-0.1, -0.05) is 85.7 Å². The molecular weight excluding hydrogens is 500 g/mol. The second-order valence-electron chi connectivity index (χ2n) is 12.7. The maximum atomic E-state index is 12.7. The lowest BCUT2D eigenvalue weighted by molar-refractivity contribution is -0.140. The number of carbonyl (C=O) groups is 1. The summed E-state index contributed by atoms with van der Waals surface area (Å²) in [6.07, 6.45) is 14.4. The van der Waals surface area contributed by atoms with Crippen molar-refractivity contribution in [2.24, 2.45) is 52.3 Å². The van der Waals surface area contributed by atoms with Gasteiger partial charge in [0.1, 0.15) is 3.23 Å². The Balaban J connectivity index is 1.50. The first kappa shape index (κ1) is 23.8. The number of carbonyl (C=O) groups excluding carboxylic acids is 1. The monoisotopic (exact) mass is 542 g/mol. The number of halogens is 2. The zero-order chi connectivity index (χ0) is 21.9. The van der Waals surface area contributed by atoms with Gasteiger partial charge in [-0.2, -0.15) is 0 Å². The minimum atomic E-state index is -0.475. The van der Waals surface area contributed by atoms with E-state index < -0.39 is 3.23 Å². The molecule has 0 saturated heterocycles. The molecule has 1 nitrogen and oxygen atoms in total. The highest BCUT2D eigenvalue weighted by molar-refractivity contribution is 9.25. The first-order valence-electron chi connectivity index (χ1n) is 12.9. The van der Waals surface area contributed by atoms with E-state index in [1.807, 2.05) is 0 Å². The average molecular weight is 544 g/mol. The van der Waals surface area contributed by atoms with Crippen LogP contribution in [0.5, 0.6) is 0 Å². The fourth-order valence-electron chi connectivity index (χ4n) is 9.12. The van der Waals surface area contributed by atoms with Gasteiger partial charge in [0.05, 0.1) is 0 Å². The number of fused-ring (bicyclic) bond motifs is 5. The van der Waals surface area contributed by atoms with E-state index in [1.54, 1.807) is 0 Å². The molecule has 4 aliphatic rings. The Hall–Kier alpha value is 0.630. The third kappa shape index (κ3) is 3.92. The third-order valence-electron chi connectivity index (χ3n) is 10.7. The largest absolute Gasteiger partial charge is 0.297 e. The molecule has 0 spiro atoms. The Morgan fingerprint density at radius 2 is 1.63 bits per heavy atom. The van der Waals surface area contributed by atoms with Gasteiger partial charge >= 0.3 is 0 Å². The third-order valence-corrected chi connectivity index (χ3v) is 12.2. The Bertz CT molecular complexity index is 657. The minimum Gasteiger partial charge on any atom is -0.297 e. The standard InChI is InChI=1S/C27H44Br2O/c1-17(2)7-6-8-18(3)21-11-12-22-20-10-9-19-15-24(30)27(28,29)16-26(19,5)23(20)13-14-25(21,22)4/h17-23H,6-16H2,1-5H3/t18-,19+,20+,21+,22-,23-,25-,26+/m1/s1. The van der Waals surface area contributed by atoms with Crippen LogP contribution in [-0.4, -0.2) is 9.02 Å². The van der Waals surface area contributed by atoms with Crippen LogP contribution >= 0.6 is 31.9 Å². The molecule has 8 atom stereocenters. The molecule has 4 rings (SSSR count). The SMILES string of the molecule is CC(C)CCC[C@@H](C)[C@@H]1CC[C@@H]2[C@@H]3CC[C@H]4CC(=O)C(Br)(Br)C[C@]4(C)[C@@H]3CC[C@@]21C. The van der Waals surface area contributed by atoms with Crippen LogP contribution in [0.1, 0.15) is 105 Å². The van der Waals surface area contributed by atoms with Gasteiger partial charge in [-0.15, -0.1) is 0 Å². The second kappa shape index (κ2) is 8.44. The number of ketones is 1. The number of hydrogen-bond acceptors (Lipinski definition) is 1. The van der Waals surface area contributed by atoms with Crippen LogP contribution in [0, 0.1) is 52.3 Å². The highest BCUT2D eigenvalue weighted by atomic mass is 79.9. The van der Waals surface area contributed by atoms with E-state index >= 15 is 0 Å². The predicted octanol–water partition coefficient (Wildman–Crippen LogP) is 8.77. The first-order valence-corrected chi connectivity index (χ1v) is 14.5. The summed E-state index contributed by atoms with van der Waals surface area (Å²) in [5.74, 6) is 6.26. The van der Waals surface area contributed by atoms with Crippen LogP contribution in [0.3, 0.4) is 0 Å². The Labute approximate surface area is 202 Å². The molecule has 0 unspecified atom stereocenters. The van der Waals surface area contributed by atoms with E-state index in [4.69, 9.17) is 0 Å². The Kier molecular flexibility index (Phi) is 6.69. The number of hydrogen-bond donors (Lipinski definition) is 0. The molecule has 0 aliphatic heterocycles. The lowest BCUT2D eigenvalue weighted by atomic mass is 9.44. The summed E-state index contributed by atoms with van der Waals surface area (Å²) in [7, 11) is 0. The average Bonchev–Trinajstić information content (AvgIpc) is 2.99. The topological polar surface area (TPSA) is 17.1 Å². The van der Waals surface area contributed by atoms with Crippen LogP contribution in [0.25, 0.3) is 0 Å². The normalized spacial score (nSPS) is 46.3. The molecule has 3 heteroatoms. The van der Waals surface area contributed by atoms with Crippen LogP contribution in [0.2, 0.25) is 0 Å². The molecule has 0 aromatic heterocycles. The minimum absolute atomic E-state index is 0.312. The molecule has 4 saturated carbocycles. The molecule has 0 bridgehead atoms. The lowest BCUT2D eigenvalue weighted by Gasteiger charge is -2.61. The summed E-state index contributed by atoms with van der Waals surface area (Å²) in [4.78, 5) is 12.7. The maximum Gasteiger partial charge on any atom is 0.160 e. The van der Waals surface area contributed by atoms with Crippen molar-refractivity contribution >= 4 is 37.6 Å². The van der Waals surface area contributed by atoms with E-state index in [2.05, 4.69) is 66.5 Å². The van der Waals surface area contributed by atoms with Crippen LogP contribution in [-0.2, 0) is 4.79 Å². The van der Waals surface area contributed by atoms with E-state index in [0.29, 0.717) is 22.5 Å². The van der Waals surface area contributed by atoms with Crippen molar-refractivity contribution in [2.75, 3.05) is 0 Å². The van der Waals surface area contributed by atoms with E-state index in [1.165, 1.54) is 57.8 Å². The van der Waals surface area contributed by atoms with Crippen molar-refractivity contribution in [3.63, 3.8) is 0 Å². The van der Waals surface area contributed by atoms with E-state index in [0.717, 1.165) is 48.3 Å². The molecule has 172 valence electrons. The summed E-state index contributed by atoms with van der Waals surface area (Å²) in [5.41, 5.74) is 0.873. The number of Topliss-reactive ketones (excluding diaryl/α,β-unsaturated/α-hetero) is 1. The van der Waals surface area contributed by atoms with Gasteiger partial charge in [0.15, 0.2) is 5.78 Å². The van der Waals surface area contributed by atoms with Crippen molar-refractivity contribution in [3.05, 3.63) is 0 Å². The van der Waals surface area contributed by atoms with Crippen LogP contribution in [0.4, 0.5) is 0 Å². The van der Waals surface area contributed by atoms with Gasteiger partial charge < -0.3 is 0 Å². The summed E-state index contributed by atoms with van der Waals surface area (Å²) >= 11 is 7.54. The summed E-state index contributed by atoms with van der Waals surface area (Å²) < 4.78 is -0.475. The fourth-order valence-corrected chi connectivity index (χ4v) is 10.7. The summed E-state index contributed by atoms with van der Waals surface area (Å²) in [6, 6.07) is 0. The predicted molar refractivity (Wildman–Crippen MR) is 134 cm³/mol. The molecule has 0 heterocycles. The van der Waals surface area contributed by atoms with Crippen LogP contribution in [0.15, 0.2) is 0 Å². The van der Waals surface area contributed by atoms with Crippen molar-refractivity contribution in [2.45, 2.75) is 108 Å². The molecule has 0 aromatic carbocycles. The molecule has 0 aromatic rings. The summed E-state index contributed by atoms with van der Waals surface area (Å²) in [6.45, 7) is 12.5. The Morgan fingerprint density at radius 3 is 2.33 bits per heavy atom. The molecule has 0 amide bonds. The molecule has 0 radical (unpaired) electrons. The molecule has 30 heavy (non-hydrogen) atoms. The van der Waals surface area contributed by atoms with Crippen molar-refractivity contribution < 1.29 is 4.79 Å². The summed E-state index contributed by atoms with van der Waals surface area (Å²) in [5, 5.41) is 0. The molecular formula is C27H44Br2O. The van der Waals surface area contributed by atoms with Gasteiger partial charge in [0.2, 0.25) is 0 Å². The highest BCUT2D eigenvalue weighted by Crippen LogP contribution is 2.69. The zero-order valence-corrected chi connectivity index (χ0v) is 23.2. The van der Waals surface area contributed by atoms with Gasteiger partial charge in [-0.05, 0) is 97.2 Å². The molecule has 4 fully saturated rings. The molecule has 0 N–H and O–H groups in total. The van der Waals surface area contributed by atoms with Crippen LogP contribution < -0.4 is 0 Å². The van der Waals surface area contributed by atoms with E-state index in [-0.39, 0.29) is 0 Å². The van der Waals surface area contributed by atoms with Gasteiger partial charge in [-0.25, -0.2) is 0 Å². The van der Waals surface area contributed by atoms with Crippen molar-refractivity contribution in [1.29, 1.82) is 0 Å². The fraction of sp³-hybridized carbons (Fsp3) is 0.963. The van der Waals surface area contributed by atoms with Crippen molar-refractivity contribution in [1.82, 2.24) is 0 Å². The molecule has 4 aliphatic carbocycles. The number of alkyl halides is 2. The van der Waals surface area contributed by atoms with Gasteiger partial charge in [-0.3, -0.25) is 4.79 Å².